The molecule has 0 aliphatic carbocycles. The molecule has 0 aromatic heterocycles. The smallest absolute Gasteiger partial charge is 0.102 e. The molecule has 0 radical (unpaired) electrons. The fourth-order valence-corrected chi connectivity index (χ4v) is 3.05. The Morgan fingerprint density at radius 3 is 2.29 bits per heavy atom. The zero-order chi connectivity index (χ0) is 12.4. The van der Waals surface area contributed by atoms with E-state index in [1.807, 2.05) is 12.1 Å². The van der Waals surface area contributed by atoms with Gasteiger partial charge in [0, 0.05) is 36.6 Å². The molecule has 2 atom stereocenters. The third kappa shape index (κ3) is 2.66. The molecule has 0 bridgehead atoms. The minimum Gasteiger partial charge on any atom is -0.399 e. The lowest BCUT2D eigenvalue weighted by molar-refractivity contribution is -0.00461. The second-order valence-electron chi connectivity index (χ2n) is 4.16. The maximum atomic E-state index is 5.76. The monoisotopic (exact) mass is 348 g/mol. The van der Waals surface area contributed by atoms with E-state index in [9.17, 15) is 0 Å². The van der Waals surface area contributed by atoms with Crippen LogP contribution in [0.3, 0.4) is 0 Å². The van der Waals surface area contributed by atoms with Crippen LogP contribution in [0.15, 0.2) is 18.2 Å². The largest absolute Gasteiger partial charge is 0.399 e. The Balaban J connectivity index is 2.19. The summed E-state index contributed by atoms with van der Waals surface area (Å²) in [5.74, 6) is 0. The van der Waals surface area contributed by atoms with Gasteiger partial charge >= 0.3 is 0 Å². The average Bonchev–Trinajstić information content (AvgIpc) is 2.72. The van der Waals surface area contributed by atoms with Crippen molar-refractivity contribution in [3.8, 4) is 0 Å². The molecule has 94 valence electrons. The van der Waals surface area contributed by atoms with Crippen LogP contribution in [-0.2, 0) is 9.47 Å². The molecule has 2 rings (SSSR count). The summed E-state index contributed by atoms with van der Waals surface area (Å²) in [6.07, 6.45) is 0.265. The van der Waals surface area contributed by atoms with E-state index < -0.39 is 0 Å². The predicted octanol–water partition coefficient (Wildman–Crippen LogP) is 1.72. The Labute approximate surface area is 115 Å². The number of hydrogen-bond donors (Lipinski definition) is 1. The van der Waals surface area contributed by atoms with Gasteiger partial charge in [0.25, 0.3) is 0 Å². The summed E-state index contributed by atoms with van der Waals surface area (Å²) in [6, 6.07) is 5.97. The van der Waals surface area contributed by atoms with Gasteiger partial charge in [0.1, 0.15) is 12.2 Å². The molecule has 2 unspecified atom stereocenters. The van der Waals surface area contributed by atoms with Crippen molar-refractivity contribution in [2.75, 3.05) is 37.9 Å². The Hall–Kier alpha value is -0.530. The van der Waals surface area contributed by atoms with E-state index in [-0.39, 0.29) is 12.2 Å². The fourth-order valence-electron chi connectivity index (χ4n) is 2.17. The Morgan fingerprint density at radius 1 is 1.24 bits per heavy atom. The van der Waals surface area contributed by atoms with Crippen molar-refractivity contribution in [1.82, 2.24) is 0 Å². The quantitative estimate of drug-likeness (QED) is 0.668. The van der Waals surface area contributed by atoms with E-state index in [1.54, 1.807) is 14.2 Å². The number of ether oxygens (including phenoxy) is 2. The van der Waals surface area contributed by atoms with Crippen molar-refractivity contribution in [1.29, 1.82) is 0 Å². The molecule has 1 aliphatic rings. The number of hydrogen-bond acceptors (Lipinski definition) is 4. The summed E-state index contributed by atoms with van der Waals surface area (Å²) in [5, 5.41) is 0. The third-order valence-electron chi connectivity index (χ3n) is 3.13. The maximum Gasteiger partial charge on any atom is 0.102 e. The molecule has 17 heavy (non-hydrogen) atoms. The van der Waals surface area contributed by atoms with Crippen LogP contribution in [-0.4, -0.2) is 39.5 Å². The van der Waals surface area contributed by atoms with Gasteiger partial charge in [0.2, 0.25) is 0 Å². The van der Waals surface area contributed by atoms with E-state index in [4.69, 9.17) is 15.2 Å². The van der Waals surface area contributed by atoms with Gasteiger partial charge in [-0.15, -0.1) is 0 Å². The van der Waals surface area contributed by atoms with Gasteiger partial charge in [0.15, 0.2) is 0 Å². The number of methoxy groups -OCH3 is 2. The van der Waals surface area contributed by atoms with Crippen LogP contribution in [0.2, 0.25) is 0 Å². The number of nitrogens with zero attached hydrogens (tertiary/aromatic N) is 1. The number of anilines is 2. The zero-order valence-electron chi connectivity index (χ0n) is 10.0. The molecule has 0 spiro atoms. The summed E-state index contributed by atoms with van der Waals surface area (Å²) in [4.78, 5) is 2.28. The molecule has 1 fully saturated rings. The van der Waals surface area contributed by atoms with Crippen molar-refractivity contribution >= 4 is 34.0 Å². The maximum absolute atomic E-state index is 5.76. The van der Waals surface area contributed by atoms with Crippen LogP contribution in [0, 0.1) is 3.57 Å². The lowest BCUT2D eigenvalue weighted by Crippen LogP contribution is -2.27. The van der Waals surface area contributed by atoms with Gasteiger partial charge in [-0.05, 0) is 40.8 Å². The second-order valence-corrected chi connectivity index (χ2v) is 5.33. The molecular formula is C12H17IN2O2. The van der Waals surface area contributed by atoms with Crippen molar-refractivity contribution in [3.63, 3.8) is 0 Å². The number of nitrogen functional groups attached to an aromatic ring is 1. The van der Waals surface area contributed by atoms with Crippen LogP contribution in [0.25, 0.3) is 0 Å². The van der Waals surface area contributed by atoms with Crippen molar-refractivity contribution in [3.05, 3.63) is 21.8 Å². The van der Waals surface area contributed by atoms with E-state index in [0.29, 0.717) is 0 Å². The first-order valence-electron chi connectivity index (χ1n) is 5.51. The average molecular weight is 348 g/mol. The minimum absolute atomic E-state index is 0.133. The Kier molecular flexibility index (Phi) is 4.11. The standard InChI is InChI=1S/C12H17IN2O2/c1-16-11-6-15(7-12(11)17-2)10-4-3-8(14)5-9(10)13/h3-5,11-12H,6-7,14H2,1-2H3. The first-order chi connectivity index (χ1) is 8.15. The van der Waals surface area contributed by atoms with Crippen molar-refractivity contribution < 1.29 is 9.47 Å². The number of rotatable bonds is 3. The van der Waals surface area contributed by atoms with Gasteiger partial charge in [-0.1, -0.05) is 0 Å². The molecule has 1 aromatic carbocycles. The summed E-state index contributed by atoms with van der Waals surface area (Å²) >= 11 is 2.31. The first-order valence-corrected chi connectivity index (χ1v) is 6.59. The molecule has 1 heterocycles. The van der Waals surface area contributed by atoms with Crippen LogP contribution in [0.5, 0.6) is 0 Å². The van der Waals surface area contributed by atoms with Crippen molar-refractivity contribution in [2.24, 2.45) is 0 Å². The fraction of sp³-hybridized carbons (Fsp3) is 0.500. The number of halogens is 1. The molecule has 5 heteroatoms. The number of nitrogens with two attached hydrogens (primary N) is 1. The SMILES string of the molecule is COC1CN(c2ccc(N)cc2I)CC1OC. The van der Waals surface area contributed by atoms with E-state index in [2.05, 4.69) is 33.6 Å². The second kappa shape index (κ2) is 5.41. The van der Waals surface area contributed by atoms with E-state index in [1.165, 1.54) is 5.69 Å². The molecule has 4 nitrogen and oxygen atoms in total. The van der Waals surface area contributed by atoms with Gasteiger partial charge in [0.05, 0.1) is 5.69 Å². The predicted molar refractivity (Wildman–Crippen MR) is 77.4 cm³/mol. The normalized spacial score (nSPS) is 24.3. The minimum atomic E-state index is 0.133. The zero-order valence-corrected chi connectivity index (χ0v) is 12.2. The molecule has 1 aromatic rings. The summed E-state index contributed by atoms with van der Waals surface area (Å²) in [6.45, 7) is 1.71. The summed E-state index contributed by atoms with van der Waals surface area (Å²) in [5.41, 5.74) is 7.75. The highest BCUT2D eigenvalue weighted by Gasteiger charge is 2.33. The van der Waals surface area contributed by atoms with Crippen LogP contribution in [0.1, 0.15) is 0 Å². The van der Waals surface area contributed by atoms with Crippen LogP contribution < -0.4 is 10.6 Å². The van der Waals surface area contributed by atoms with E-state index >= 15 is 0 Å². The molecule has 1 saturated heterocycles. The molecule has 0 saturated carbocycles. The van der Waals surface area contributed by atoms with Crippen molar-refractivity contribution in [2.45, 2.75) is 12.2 Å². The van der Waals surface area contributed by atoms with Gasteiger partial charge < -0.3 is 20.1 Å². The Morgan fingerprint density at radius 2 is 1.82 bits per heavy atom. The molecular weight excluding hydrogens is 331 g/mol. The van der Waals surface area contributed by atoms with E-state index in [0.717, 1.165) is 22.3 Å². The number of benzene rings is 1. The molecule has 2 N–H and O–H groups in total. The molecule has 0 amide bonds. The highest BCUT2D eigenvalue weighted by Crippen LogP contribution is 2.29. The van der Waals surface area contributed by atoms with Crippen LogP contribution >= 0.6 is 22.6 Å². The van der Waals surface area contributed by atoms with Gasteiger partial charge in [-0.25, -0.2) is 0 Å². The summed E-state index contributed by atoms with van der Waals surface area (Å²) < 4.78 is 12.0. The highest BCUT2D eigenvalue weighted by atomic mass is 127. The van der Waals surface area contributed by atoms with Crippen LogP contribution in [0.4, 0.5) is 11.4 Å². The first kappa shape index (κ1) is 12.9. The summed E-state index contributed by atoms with van der Waals surface area (Å²) in [7, 11) is 3.46. The topological polar surface area (TPSA) is 47.7 Å². The van der Waals surface area contributed by atoms with Gasteiger partial charge in [-0.2, -0.15) is 0 Å². The third-order valence-corrected chi connectivity index (χ3v) is 4.00. The van der Waals surface area contributed by atoms with Gasteiger partial charge in [-0.3, -0.25) is 0 Å². The molecule has 1 aliphatic heterocycles. The highest BCUT2D eigenvalue weighted by molar-refractivity contribution is 14.1. The lowest BCUT2D eigenvalue weighted by Gasteiger charge is -2.19. The Bertz CT molecular complexity index is 388. The lowest BCUT2D eigenvalue weighted by atomic mass is 10.2.